The van der Waals surface area contributed by atoms with Crippen molar-refractivity contribution in [2.45, 2.75) is 32.2 Å². The number of carbonyl (C=O) groups excluding carboxylic acids is 2. The quantitative estimate of drug-likeness (QED) is 0.469. The highest BCUT2D eigenvalue weighted by atomic mass is 19.3. The van der Waals surface area contributed by atoms with Crippen LogP contribution in [-0.2, 0) is 14.3 Å². The number of carboxylic acids is 1. The number of alkyl halides is 2. The van der Waals surface area contributed by atoms with Gasteiger partial charge in [0.1, 0.15) is 11.7 Å². The van der Waals surface area contributed by atoms with Gasteiger partial charge in [-0.15, -0.1) is 0 Å². The lowest BCUT2D eigenvalue weighted by Gasteiger charge is -2.27. The van der Waals surface area contributed by atoms with Gasteiger partial charge in [-0.25, -0.2) is 4.79 Å². The van der Waals surface area contributed by atoms with Gasteiger partial charge in [0.25, 0.3) is 0 Å². The summed E-state index contributed by atoms with van der Waals surface area (Å²) >= 11 is 0. The average molecular weight is 407 g/mol. The Morgan fingerprint density at radius 2 is 1.59 bits per heavy atom. The van der Waals surface area contributed by atoms with E-state index in [1.807, 2.05) is 13.8 Å². The number of ether oxygens (including phenoxy) is 3. The third kappa shape index (κ3) is 5.51. The van der Waals surface area contributed by atoms with Gasteiger partial charge < -0.3 is 24.1 Å². The summed E-state index contributed by atoms with van der Waals surface area (Å²) in [4.78, 5) is 23.3. The van der Waals surface area contributed by atoms with Crippen molar-refractivity contribution in [3.05, 3.63) is 65.7 Å². The lowest BCUT2D eigenvalue weighted by atomic mass is 10.0. The third-order valence-corrected chi connectivity index (χ3v) is 4.05. The van der Waals surface area contributed by atoms with Gasteiger partial charge in [-0.2, -0.15) is 8.78 Å². The van der Waals surface area contributed by atoms with Crippen LogP contribution in [-0.4, -0.2) is 31.3 Å². The highest BCUT2D eigenvalue weighted by Gasteiger charge is 2.45. The van der Waals surface area contributed by atoms with Gasteiger partial charge >= 0.3 is 11.9 Å². The van der Waals surface area contributed by atoms with Crippen LogP contribution < -0.4 is 9.84 Å². The highest BCUT2D eigenvalue weighted by molar-refractivity contribution is 5.90. The molecule has 0 bridgehead atoms. The first-order valence-electron chi connectivity index (χ1n) is 8.81. The first kappa shape index (κ1) is 22.3. The maximum Gasteiger partial charge on any atom is 0.338 e. The smallest absolute Gasteiger partial charge is 0.338 e. The third-order valence-electron chi connectivity index (χ3n) is 4.05. The Balaban J connectivity index is 2.20. The molecule has 29 heavy (non-hydrogen) atoms. The van der Waals surface area contributed by atoms with Gasteiger partial charge in [0.15, 0.2) is 6.10 Å². The maximum atomic E-state index is 14.1. The summed E-state index contributed by atoms with van der Waals surface area (Å²) in [6, 6.07) is 12.4. The van der Waals surface area contributed by atoms with Gasteiger partial charge in [-0.05, 0) is 29.8 Å². The number of benzene rings is 2. The van der Waals surface area contributed by atoms with Crippen LogP contribution in [0.5, 0.6) is 5.75 Å². The Labute approximate surface area is 167 Å². The van der Waals surface area contributed by atoms with Crippen molar-refractivity contribution in [3.63, 3.8) is 0 Å². The van der Waals surface area contributed by atoms with Crippen LogP contribution in [0.25, 0.3) is 0 Å². The zero-order valence-electron chi connectivity index (χ0n) is 16.1. The maximum absolute atomic E-state index is 14.1. The van der Waals surface area contributed by atoms with Gasteiger partial charge in [0.2, 0.25) is 6.29 Å². The minimum absolute atomic E-state index is 0.0501. The molecular weight excluding hydrogens is 386 g/mol. The van der Waals surface area contributed by atoms with E-state index >= 15 is 0 Å². The second-order valence-electron chi connectivity index (χ2n) is 6.60. The molecule has 0 N–H and O–H groups in total. The van der Waals surface area contributed by atoms with E-state index in [9.17, 15) is 23.5 Å². The van der Waals surface area contributed by atoms with Crippen molar-refractivity contribution >= 4 is 11.9 Å². The van der Waals surface area contributed by atoms with E-state index in [1.54, 1.807) is 6.07 Å². The van der Waals surface area contributed by atoms with E-state index in [1.165, 1.54) is 55.6 Å². The standard InChI is InChI=1S/C21H22F2O6/c1-13(2)19(27-3)28-16-11-9-15(10-12-16)18(24)29-17(21(22,23)20(25)26)14-7-5-4-6-8-14/h4-13,17,19H,1-3H3,(H,25,26)/p-1. The van der Waals surface area contributed by atoms with E-state index in [0.717, 1.165) is 0 Å². The predicted octanol–water partition coefficient (Wildman–Crippen LogP) is 2.98. The summed E-state index contributed by atoms with van der Waals surface area (Å²) in [5.41, 5.74) is -0.221. The summed E-state index contributed by atoms with van der Waals surface area (Å²) in [5, 5.41) is 10.9. The molecule has 2 rings (SSSR count). The summed E-state index contributed by atoms with van der Waals surface area (Å²) in [6.45, 7) is 3.81. The molecule has 0 aliphatic heterocycles. The van der Waals surface area contributed by atoms with E-state index in [-0.39, 0.29) is 17.0 Å². The lowest BCUT2D eigenvalue weighted by molar-refractivity contribution is -0.336. The van der Waals surface area contributed by atoms with Gasteiger partial charge in [0.05, 0.1) is 5.56 Å². The molecule has 2 unspecified atom stereocenters. The molecule has 0 heterocycles. The number of hydrogen-bond donors (Lipinski definition) is 0. The zero-order chi connectivity index (χ0) is 21.6. The number of methoxy groups -OCH3 is 1. The van der Waals surface area contributed by atoms with Crippen molar-refractivity contribution in [1.29, 1.82) is 0 Å². The van der Waals surface area contributed by atoms with Gasteiger partial charge in [0, 0.05) is 13.0 Å². The fraction of sp³-hybridized carbons (Fsp3) is 0.333. The summed E-state index contributed by atoms with van der Waals surface area (Å²) in [7, 11) is 1.50. The van der Waals surface area contributed by atoms with Crippen molar-refractivity contribution in [2.24, 2.45) is 5.92 Å². The Bertz CT molecular complexity index is 821. The molecule has 0 aliphatic rings. The SMILES string of the molecule is COC(Oc1ccc(C(=O)OC(c2ccccc2)C(F)(F)C(=O)[O-])cc1)C(C)C. The molecule has 2 aromatic carbocycles. The van der Waals surface area contributed by atoms with Crippen LogP contribution in [0.2, 0.25) is 0 Å². The molecule has 0 spiro atoms. The number of halogens is 2. The molecule has 2 aromatic rings. The van der Waals surface area contributed by atoms with Crippen LogP contribution in [0, 0.1) is 5.92 Å². The molecule has 6 nitrogen and oxygen atoms in total. The van der Waals surface area contributed by atoms with Gasteiger partial charge in [-0.3, -0.25) is 0 Å². The number of esters is 1. The van der Waals surface area contributed by atoms with E-state index in [0.29, 0.717) is 5.75 Å². The molecule has 0 saturated heterocycles. The number of carboxylic acid groups (broad SMARTS) is 1. The topological polar surface area (TPSA) is 84.9 Å². The fourth-order valence-corrected chi connectivity index (χ4v) is 2.52. The van der Waals surface area contributed by atoms with Crippen LogP contribution in [0.15, 0.2) is 54.6 Å². The number of carbonyl (C=O) groups is 2. The molecule has 0 aliphatic carbocycles. The Morgan fingerprint density at radius 1 is 1.00 bits per heavy atom. The molecule has 0 radical (unpaired) electrons. The first-order valence-corrected chi connectivity index (χ1v) is 8.81. The fourth-order valence-electron chi connectivity index (χ4n) is 2.52. The zero-order valence-corrected chi connectivity index (χ0v) is 16.1. The summed E-state index contributed by atoms with van der Waals surface area (Å²) in [5.74, 6) is -7.69. The van der Waals surface area contributed by atoms with Crippen molar-refractivity contribution < 1.29 is 37.7 Å². The van der Waals surface area contributed by atoms with Crippen LogP contribution in [0.3, 0.4) is 0 Å². The molecule has 8 heteroatoms. The Kier molecular flexibility index (Phi) is 7.28. The normalized spacial score (nSPS) is 13.6. The minimum atomic E-state index is -4.41. The predicted molar refractivity (Wildman–Crippen MR) is 97.3 cm³/mol. The van der Waals surface area contributed by atoms with Gasteiger partial charge in [-0.1, -0.05) is 44.2 Å². The van der Waals surface area contributed by atoms with E-state index in [2.05, 4.69) is 0 Å². The number of aliphatic carboxylic acids is 1. The van der Waals surface area contributed by atoms with Crippen molar-refractivity contribution in [1.82, 2.24) is 0 Å². The van der Waals surface area contributed by atoms with Crippen LogP contribution >= 0.6 is 0 Å². The molecule has 0 fully saturated rings. The number of rotatable bonds is 9. The first-order chi connectivity index (χ1) is 13.7. The monoisotopic (exact) mass is 407 g/mol. The second kappa shape index (κ2) is 9.47. The highest BCUT2D eigenvalue weighted by Crippen LogP contribution is 2.35. The molecule has 2 atom stereocenters. The molecule has 0 amide bonds. The summed E-state index contributed by atoms with van der Waals surface area (Å²) in [6.07, 6.45) is -2.84. The van der Waals surface area contributed by atoms with Crippen LogP contribution in [0.4, 0.5) is 8.78 Å². The molecule has 0 aromatic heterocycles. The van der Waals surface area contributed by atoms with E-state index < -0.39 is 30.3 Å². The number of hydrogen-bond acceptors (Lipinski definition) is 6. The lowest BCUT2D eigenvalue weighted by Crippen LogP contribution is -2.47. The molecule has 156 valence electrons. The average Bonchev–Trinajstić information content (AvgIpc) is 2.70. The molecular formula is C21H21F2O6-. The summed E-state index contributed by atoms with van der Waals surface area (Å²) < 4.78 is 43.9. The molecule has 0 saturated carbocycles. The van der Waals surface area contributed by atoms with E-state index in [4.69, 9.17) is 14.2 Å². The van der Waals surface area contributed by atoms with Crippen molar-refractivity contribution in [3.8, 4) is 5.75 Å². The second-order valence-corrected chi connectivity index (χ2v) is 6.60. The van der Waals surface area contributed by atoms with Crippen LogP contribution in [0.1, 0.15) is 35.9 Å². The Morgan fingerprint density at radius 3 is 2.07 bits per heavy atom. The Hall–Kier alpha value is -3.00. The largest absolute Gasteiger partial charge is 0.544 e. The van der Waals surface area contributed by atoms with Crippen molar-refractivity contribution in [2.75, 3.05) is 7.11 Å². The minimum Gasteiger partial charge on any atom is -0.544 e.